The third-order valence-corrected chi connectivity index (χ3v) is 4.47. The topological polar surface area (TPSA) is 186 Å². The minimum absolute atomic E-state index is 0. The van der Waals surface area contributed by atoms with Crippen LogP contribution in [0.1, 0.15) is 10.4 Å². The number of benzene rings is 2. The van der Waals surface area contributed by atoms with Crippen LogP contribution in [-0.2, 0) is 0 Å². The molecule has 0 atom stereocenters. The van der Waals surface area contributed by atoms with Crippen LogP contribution in [0.4, 0.5) is 0 Å². The van der Waals surface area contributed by atoms with E-state index in [4.69, 9.17) is 10.1 Å². The monoisotopic (exact) mass is 394 g/mol. The number of H-pyrrole nitrogens is 1. The summed E-state index contributed by atoms with van der Waals surface area (Å²) in [6, 6.07) is 14.4. The van der Waals surface area contributed by atoms with Crippen molar-refractivity contribution in [3.05, 3.63) is 66.5 Å². The number of aromatic nitrogens is 4. The molecule has 0 aliphatic rings. The molecule has 8 N–H and O–H groups in total. The van der Waals surface area contributed by atoms with Gasteiger partial charge in [-0.15, -0.1) is 0 Å². The number of rotatable bonds is 2. The number of carboxylic acid groups (broad SMARTS) is 1. The highest BCUT2D eigenvalue weighted by molar-refractivity contribution is 6.21. The average Bonchev–Trinajstić information content (AvgIpc) is 3.14. The third kappa shape index (κ3) is 3.25. The van der Waals surface area contributed by atoms with E-state index in [1.807, 2.05) is 24.3 Å². The molecule has 29 heavy (non-hydrogen) atoms. The Morgan fingerprint density at radius 2 is 1.38 bits per heavy atom. The lowest BCUT2D eigenvalue weighted by atomic mass is 10.1. The van der Waals surface area contributed by atoms with E-state index >= 15 is 0 Å². The van der Waals surface area contributed by atoms with Crippen molar-refractivity contribution in [1.29, 1.82) is 0 Å². The van der Waals surface area contributed by atoms with Crippen LogP contribution >= 0.6 is 0 Å². The molecule has 9 nitrogen and oxygen atoms in total. The van der Waals surface area contributed by atoms with Gasteiger partial charge < -0.3 is 26.5 Å². The zero-order valence-corrected chi connectivity index (χ0v) is 15.0. The van der Waals surface area contributed by atoms with Crippen LogP contribution in [0.15, 0.2) is 60.9 Å². The largest absolute Gasteiger partial charge is 0.478 e. The van der Waals surface area contributed by atoms with E-state index in [2.05, 4.69) is 15.0 Å². The third-order valence-electron chi connectivity index (χ3n) is 4.47. The summed E-state index contributed by atoms with van der Waals surface area (Å²) in [6.45, 7) is 0. The number of hydrogen-bond acceptors (Lipinski definition) is 4. The molecule has 2 aromatic carbocycles. The molecule has 0 saturated carbocycles. The van der Waals surface area contributed by atoms with Gasteiger partial charge in [0.05, 0.1) is 27.6 Å². The van der Waals surface area contributed by atoms with Crippen LogP contribution in [-0.4, -0.2) is 47.4 Å². The van der Waals surface area contributed by atoms with Crippen LogP contribution < -0.4 is 0 Å². The normalized spacial score (nSPS) is 10.2. The van der Waals surface area contributed by atoms with Gasteiger partial charge in [0.2, 0.25) is 0 Å². The molecular weight excluding hydrogens is 376 g/mol. The SMILES string of the molecule is O.O.O.O=C(O)c1ccc(-c2nc3c4cccnc4c4ncccc4c3[nH]2)cc1. The molecule has 0 aliphatic heterocycles. The van der Waals surface area contributed by atoms with Gasteiger partial charge in [0.15, 0.2) is 0 Å². The van der Waals surface area contributed by atoms with Crippen LogP contribution in [0, 0.1) is 0 Å². The summed E-state index contributed by atoms with van der Waals surface area (Å²) in [6.07, 6.45) is 3.50. The fraction of sp³-hybridized carbons (Fsp3) is 0. The lowest BCUT2D eigenvalue weighted by Crippen LogP contribution is -1.95. The number of hydrogen-bond donors (Lipinski definition) is 2. The lowest BCUT2D eigenvalue weighted by molar-refractivity contribution is 0.0697. The lowest BCUT2D eigenvalue weighted by Gasteiger charge is -2.03. The molecule has 5 aromatic rings. The van der Waals surface area contributed by atoms with Crippen LogP contribution in [0.5, 0.6) is 0 Å². The molecule has 0 aliphatic carbocycles. The van der Waals surface area contributed by atoms with Crippen molar-refractivity contribution in [1.82, 2.24) is 19.9 Å². The first kappa shape index (κ1) is 21.4. The second-order valence-corrected chi connectivity index (χ2v) is 5.99. The van der Waals surface area contributed by atoms with Gasteiger partial charge in [-0.3, -0.25) is 9.97 Å². The van der Waals surface area contributed by atoms with Gasteiger partial charge in [-0.2, -0.15) is 0 Å². The van der Waals surface area contributed by atoms with E-state index in [9.17, 15) is 4.79 Å². The summed E-state index contributed by atoms with van der Waals surface area (Å²) >= 11 is 0. The molecule has 0 fully saturated rings. The summed E-state index contributed by atoms with van der Waals surface area (Å²) in [5.41, 5.74) is 4.42. The van der Waals surface area contributed by atoms with Crippen molar-refractivity contribution in [3.8, 4) is 11.4 Å². The number of carbonyl (C=O) groups is 1. The Labute approximate surface area is 163 Å². The standard InChI is InChI=1S/C20H12N4O2.3H2O/c25-20(26)12-7-5-11(6-8-12)19-23-17-13-3-1-9-21-15(13)16-14(18(17)24-19)4-2-10-22-16;;;/h1-10H,(H,23,24)(H,25,26);3*1H2. The first-order valence-corrected chi connectivity index (χ1v) is 8.07. The fourth-order valence-electron chi connectivity index (χ4n) is 3.25. The second-order valence-electron chi connectivity index (χ2n) is 5.99. The Morgan fingerprint density at radius 3 is 2.00 bits per heavy atom. The van der Waals surface area contributed by atoms with Crippen molar-refractivity contribution >= 4 is 38.8 Å². The first-order valence-electron chi connectivity index (χ1n) is 8.07. The Hall–Kier alpha value is -3.92. The molecule has 148 valence electrons. The Kier molecular flexibility index (Phi) is 5.89. The smallest absolute Gasteiger partial charge is 0.335 e. The molecular formula is C20H18N4O5. The maximum Gasteiger partial charge on any atom is 0.335 e. The number of pyridine rings is 2. The molecule has 0 saturated heterocycles. The van der Waals surface area contributed by atoms with Crippen molar-refractivity contribution in [3.63, 3.8) is 0 Å². The van der Waals surface area contributed by atoms with Crippen LogP contribution in [0.25, 0.3) is 44.2 Å². The number of imidazole rings is 1. The number of nitrogens with one attached hydrogen (secondary N) is 1. The van der Waals surface area contributed by atoms with Crippen LogP contribution in [0.3, 0.4) is 0 Å². The highest BCUT2D eigenvalue weighted by Crippen LogP contribution is 2.33. The van der Waals surface area contributed by atoms with Gasteiger partial charge in [-0.05, 0) is 36.4 Å². The summed E-state index contributed by atoms with van der Waals surface area (Å²) in [5, 5.41) is 10.9. The summed E-state index contributed by atoms with van der Waals surface area (Å²) < 4.78 is 0. The predicted octanol–water partition coefficient (Wildman–Crippen LogP) is 1.55. The molecule has 9 heteroatoms. The number of nitrogens with zero attached hydrogens (tertiary/aromatic N) is 3. The van der Waals surface area contributed by atoms with E-state index in [0.717, 1.165) is 38.4 Å². The molecule has 5 rings (SSSR count). The molecule has 0 spiro atoms. The van der Waals surface area contributed by atoms with Gasteiger partial charge >= 0.3 is 5.97 Å². The van der Waals surface area contributed by atoms with Gasteiger partial charge in [0.1, 0.15) is 5.82 Å². The minimum atomic E-state index is -0.949. The molecule has 3 aromatic heterocycles. The number of aromatic amines is 1. The zero-order chi connectivity index (χ0) is 17.7. The Morgan fingerprint density at radius 1 is 0.793 bits per heavy atom. The van der Waals surface area contributed by atoms with Gasteiger partial charge in [0, 0.05) is 28.7 Å². The first-order chi connectivity index (χ1) is 12.7. The number of aromatic carboxylic acids is 1. The maximum atomic E-state index is 11.0. The van der Waals surface area contributed by atoms with Gasteiger partial charge in [-0.1, -0.05) is 12.1 Å². The highest BCUT2D eigenvalue weighted by atomic mass is 16.4. The predicted molar refractivity (Wildman–Crippen MR) is 110 cm³/mol. The van der Waals surface area contributed by atoms with E-state index in [0.29, 0.717) is 5.82 Å². The van der Waals surface area contributed by atoms with E-state index in [1.165, 1.54) is 0 Å². The van der Waals surface area contributed by atoms with E-state index < -0.39 is 5.97 Å². The average molecular weight is 394 g/mol. The van der Waals surface area contributed by atoms with Crippen molar-refractivity contribution in [2.75, 3.05) is 0 Å². The Balaban J connectivity index is 0.000001000. The van der Waals surface area contributed by atoms with Crippen molar-refractivity contribution in [2.45, 2.75) is 0 Å². The number of fused-ring (bicyclic) bond motifs is 6. The summed E-state index contributed by atoms with van der Waals surface area (Å²) in [7, 11) is 0. The van der Waals surface area contributed by atoms with Crippen molar-refractivity contribution < 1.29 is 26.3 Å². The van der Waals surface area contributed by atoms with Crippen LogP contribution in [0.2, 0.25) is 0 Å². The summed E-state index contributed by atoms with van der Waals surface area (Å²) in [5.74, 6) is -0.270. The second kappa shape index (κ2) is 7.98. The van der Waals surface area contributed by atoms with Gasteiger partial charge in [0.25, 0.3) is 0 Å². The molecule has 3 heterocycles. The van der Waals surface area contributed by atoms with E-state index in [1.54, 1.807) is 36.7 Å². The molecule has 0 bridgehead atoms. The van der Waals surface area contributed by atoms with Crippen molar-refractivity contribution in [2.24, 2.45) is 0 Å². The highest BCUT2D eigenvalue weighted by Gasteiger charge is 2.15. The Bertz CT molecular complexity index is 1240. The molecule has 0 radical (unpaired) electrons. The number of carboxylic acids is 1. The summed E-state index contributed by atoms with van der Waals surface area (Å²) in [4.78, 5) is 28.2. The zero-order valence-electron chi connectivity index (χ0n) is 15.0. The van der Waals surface area contributed by atoms with Gasteiger partial charge in [-0.25, -0.2) is 9.78 Å². The maximum absolute atomic E-state index is 11.0. The fourth-order valence-corrected chi connectivity index (χ4v) is 3.25. The molecule has 0 amide bonds. The quantitative estimate of drug-likeness (QED) is 0.429. The molecule has 0 unspecified atom stereocenters. The minimum Gasteiger partial charge on any atom is -0.478 e. The van der Waals surface area contributed by atoms with E-state index in [-0.39, 0.29) is 22.0 Å².